The molecule has 2 rings (SSSR count). The van der Waals surface area contributed by atoms with Gasteiger partial charge in [-0.05, 0) is 42.0 Å². The molecule has 0 aliphatic heterocycles. The average molecular weight is 378 g/mol. The molecule has 24 heavy (non-hydrogen) atoms. The summed E-state index contributed by atoms with van der Waals surface area (Å²) in [6.45, 7) is -1.68. The lowest BCUT2D eigenvalue weighted by Gasteiger charge is -2.21. The van der Waals surface area contributed by atoms with Crippen molar-refractivity contribution in [1.82, 2.24) is 4.90 Å². The van der Waals surface area contributed by atoms with Crippen LogP contribution in [0.1, 0.15) is 11.3 Å². The number of halogens is 5. The summed E-state index contributed by atoms with van der Waals surface area (Å²) in [6, 6.07) is 7.63. The number of furan rings is 1. The summed E-state index contributed by atoms with van der Waals surface area (Å²) in [5.41, 5.74) is 0.433. The lowest BCUT2D eigenvalue weighted by Crippen LogP contribution is -2.37. The molecule has 0 aliphatic carbocycles. The van der Waals surface area contributed by atoms with Crippen LogP contribution < -0.4 is 0 Å². The Morgan fingerprint density at radius 1 is 1.25 bits per heavy atom. The highest BCUT2D eigenvalue weighted by Gasteiger charge is 2.32. The third-order valence-electron chi connectivity index (χ3n) is 2.97. The largest absolute Gasteiger partial charge is 0.467 e. The Morgan fingerprint density at radius 2 is 2.00 bits per heavy atom. The summed E-state index contributed by atoms with van der Waals surface area (Å²) < 4.78 is 43.1. The molecule has 1 heterocycles. The first-order chi connectivity index (χ1) is 11.2. The fourth-order valence-electron chi connectivity index (χ4n) is 1.93. The van der Waals surface area contributed by atoms with E-state index in [9.17, 15) is 18.0 Å². The van der Waals surface area contributed by atoms with Crippen LogP contribution in [0, 0.1) is 0 Å². The fourth-order valence-corrected chi connectivity index (χ4v) is 2.29. The number of nitrogens with zero attached hydrogens (tertiary/aromatic N) is 1. The number of amides is 1. The maximum Gasteiger partial charge on any atom is 0.406 e. The molecule has 0 atom stereocenters. The minimum absolute atomic E-state index is 0.252. The fraction of sp³-hybridized carbons (Fsp3) is 0.188. The Labute approximate surface area is 146 Å². The van der Waals surface area contributed by atoms with Crippen molar-refractivity contribution in [3.05, 3.63) is 64.0 Å². The van der Waals surface area contributed by atoms with Crippen LogP contribution in [0.4, 0.5) is 13.2 Å². The van der Waals surface area contributed by atoms with Gasteiger partial charge in [-0.1, -0.05) is 23.2 Å². The molecular weight excluding hydrogens is 366 g/mol. The van der Waals surface area contributed by atoms with Crippen LogP contribution in [0.15, 0.2) is 47.1 Å². The predicted molar refractivity (Wildman–Crippen MR) is 85.7 cm³/mol. The molecule has 0 fully saturated rings. The van der Waals surface area contributed by atoms with Crippen molar-refractivity contribution in [2.75, 3.05) is 6.54 Å². The number of carbonyl (C=O) groups is 1. The SMILES string of the molecule is O=C(/C=C/c1cc(Cl)ccc1Cl)N(Cc1ccco1)CC(F)(F)F. The summed E-state index contributed by atoms with van der Waals surface area (Å²) in [6.07, 6.45) is -0.856. The number of hydrogen-bond acceptors (Lipinski definition) is 2. The Balaban J connectivity index is 2.17. The molecule has 0 spiro atoms. The molecule has 128 valence electrons. The van der Waals surface area contributed by atoms with Crippen molar-refractivity contribution < 1.29 is 22.4 Å². The number of alkyl halides is 3. The summed E-state index contributed by atoms with van der Waals surface area (Å²) in [7, 11) is 0. The van der Waals surface area contributed by atoms with Crippen LogP contribution in [0.3, 0.4) is 0 Å². The second kappa shape index (κ2) is 7.77. The molecular formula is C16H12Cl2F3NO2. The summed E-state index contributed by atoms with van der Waals surface area (Å²) in [5.74, 6) is -0.568. The lowest BCUT2D eigenvalue weighted by atomic mass is 10.2. The van der Waals surface area contributed by atoms with Crippen LogP contribution in [0.25, 0.3) is 6.08 Å². The lowest BCUT2D eigenvalue weighted by molar-refractivity contribution is -0.159. The van der Waals surface area contributed by atoms with Gasteiger partial charge >= 0.3 is 6.18 Å². The first kappa shape index (κ1) is 18.4. The highest BCUT2D eigenvalue weighted by atomic mass is 35.5. The second-order valence-corrected chi connectivity index (χ2v) is 5.73. The van der Waals surface area contributed by atoms with Crippen LogP contribution in [-0.2, 0) is 11.3 Å². The monoisotopic (exact) mass is 377 g/mol. The molecule has 1 aromatic carbocycles. The molecule has 0 radical (unpaired) electrons. The van der Waals surface area contributed by atoms with E-state index in [4.69, 9.17) is 27.6 Å². The molecule has 0 aliphatic rings. The van der Waals surface area contributed by atoms with Gasteiger partial charge in [0.05, 0.1) is 12.8 Å². The van der Waals surface area contributed by atoms with Gasteiger partial charge < -0.3 is 9.32 Å². The van der Waals surface area contributed by atoms with Crippen molar-refractivity contribution >= 4 is 35.2 Å². The normalized spacial score (nSPS) is 11.9. The Hall–Kier alpha value is -1.92. The van der Waals surface area contributed by atoms with E-state index < -0.39 is 18.6 Å². The molecule has 0 saturated heterocycles. The van der Waals surface area contributed by atoms with Gasteiger partial charge in [0.25, 0.3) is 0 Å². The smallest absolute Gasteiger partial charge is 0.406 e. The van der Waals surface area contributed by atoms with Crippen molar-refractivity contribution in [2.24, 2.45) is 0 Å². The summed E-state index contributed by atoms with van der Waals surface area (Å²) >= 11 is 11.8. The van der Waals surface area contributed by atoms with E-state index in [2.05, 4.69) is 0 Å². The zero-order valence-corrected chi connectivity index (χ0v) is 13.7. The number of rotatable bonds is 5. The van der Waals surface area contributed by atoms with Crippen LogP contribution in [0.5, 0.6) is 0 Å². The molecule has 8 heteroatoms. The van der Waals surface area contributed by atoms with Gasteiger partial charge in [-0.25, -0.2) is 0 Å². The van der Waals surface area contributed by atoms with Gasteiger partial charge in [0, 0.05) is 16.1 Å². The minimum Gasteiger partial charge on any atom is -0.467 e. The number of benzene rings is 1. The Kier molecular flexibility index (Phi) is 5.96. The quantitative estimate of drug-likeness (QED) is 0.671. The third kappa shape index (κ3) is 5.62. The molecule has 1 amide bonds. The highest BCUT2D eigenvalue weighted by Crippen LogP contribution is 2.23. The molecule has 1 aromatic heterocycles. The van der Waals surface area contributed by atoms with Crippen molar-refractivity contribution in [3.8, 4) is 0 Å². The van der Waals surface area contributed by atoms with Crippen molar-refractivity contribution in [3.63, 3.8) is 0 Å². The van der Waals surface area contributed by atoms with Crippen molar-refractivity contribution in [2.45, 2.75) is 12.7 Å². The van der Waals surface area contributed by atoms with Gasteiger partial charge in [-0.2, -0.15) is 13.2 Å². The molecule has 0 bridgehead atoms. The highest BCUT2D eigenvalue weighted by molar-refractivity contribution is 6.34. The van der Waals surface area contributed by atoms with E-state index in [1.54, 1.807) is 6.07 Å². The summed E-state index contributed by atoms with van der Waals surface area (Å²) in [5, 5.41) is 0.728. The van der Waals surface area contributed by atoms with Gasteiger partial charge in [0.1, 0.15) is 12.3 Å². The van der Waals surface area contributed by atoms with E-state index in [1.807, 2.05) is 0 Å². The van der Waals surface area contributed by atoms with E-state index in [0.717, 1.165) is 6.08 Å². The van der Waals surface area contributed by atoms with E-state index in [0.29, 0.717) is 20.5 Å². The number of carbonyl (C=O) groups excluding carboxylic acids is 1. The summed E-state index contributed by atoms with van der Waals surface area (Å²) in [4.78, 5) is 12.8. The Bertz CT molecular complexity index is 727. The van der Waals surface area contributed by atoms with Gasteiger partial charge in [-0.3, -0.25) is 4.79 Å². The first-order valence-corrected chi connectivity index (χ1v) is 7.51. The molecule has 0 N–H and O–H groups in total. The molecule has 0 saturated carbocycles. The average Bonchev–Trinajstić information content (AvgIpc) is 2.99. The molecule has 3 nitrogen and oxygen atoms in total. The topological polar surface area (TPSA) is 33.5 Å². The van der Waals surface area contributed by atoms with E-state index in [1.165, 1.54) is 36.6 Å². The predicted octanol–water partition coefficient (Wildman–Crippen LogP) is 5.19. The standard InChI is InChI=1S/C16H12Cl2F3NO2/c17-12-4-5-14(18)11(8-12)3-6-15(23)22(10-16(19,20)21)9-13-2-1-7-24-13/h1-8H,9-10H2/b6-3+. The maximum absolute atomic E-state index is 12.7. The Morgan fingerprint density at radius 3 is 2.62 bits per heavy atom. The van der Waals surface area contributed by atoms with Gasteiger partial charge in [0.15, 0.2) is 0 Å². The van der Waals surface area contributed by atoms with Gasteiger partial charge in [-0.15, -0.1) is 0 Å². The molecule has 0 unspecified atom stereocenters. The van der Waals surface area contributed by atoms with Crippen LogP contribution in [0.2, 0.25) is 10.0 Å². The van der Waals surface area contributed by atoms with Crippen molar-refractivity contribution in [1.29, 1.82) is 0 Å². The van der Waals surface area contributed by atoms with Gasteiger partial charge in [0.2, 0.25) is 5.91 Å². The maximum atomic E-state index is 12.7. The zero-order valence-electron chi connectivity index (χ0n) is 12.2. The minimum atomic E-state index is -4.52. The second-order valence-electron chi connectivity index (χ2n) is 4.89. The molecule has 2 aromatic rings. The number of hydrogen-bond donors (Lipinski definition) is 0. The van der Waals surface area contributed by atoms with E-state index in [-0.39, 0.29) is 12.3 Å². The van der Waals surface area contributed by atoms with E-state index >= 15 is 0 Å². The van der Waals surface area contributed by atoms with Crippen LogP contribution >= 0.6 is 23.2 Å². The third-order valence-corrected chi connectivity index (χ3v) is 3.55. The zero-order chi connectivity index (χ0) is 17.7. The van der Waals surface area contributed by atoms with Crippen LogP contribution in [-0.4, -0.2) is 23.5 Å². The first-order valence-electron chi connectivity index (χ1n) is 6.76.